The van der Waals surface area contributed by atoms with Gasteiger partial charge >= 0.3 is 5.97 Å². The lowest BCUT2D eigenvalue weighted by Crippen LogP contribution is -2.38. The SMILES string of the molecule is CCNC(=NCc1ncnn1C)NC(C)c1nc(C)c(C(=O)OCC)s1.I. The minimum absolute atomic E-state index is 0. The molecule has 9 nitrogen and oxygen atoms in total. The maximum absolute atomic E-state index is 12.0. The van der Waals surface area contributed by atoms with Crippen LogP contribution in [0, 0.1) is 6.92 Å². The van der Waals surface area contributed by atoms with Crippen molar-refractivity contribution in [2.75, 3.05) is 13.2 Å². The number of carbonyl (C=O) groups excluding carboxylic acids is 1. The molecule has 0 radical (unpaired) electrons. The van der Waals surface area contributed by atoms with Gasteiger partial charge in [0.05, 0.1) is 18.3 Å². The van der Waals surface area contributed by atoms with Crippen LogP contribution in [-0.4, -0.2) is 44.8 Å². The zero-order chi connectivity index (χ0) is 19.1. The summed E-state index contributed by atoms with van der Waals surface area (Å²) in [5.41, 5.74) is 0.679. The molecular weight excluding hydrogens is 481 g/mol. The average Bonchev–Trinajstić information content (AvgIpc) is 3.19. The minimum Gasteiger partial charge on any atom is -0.462 e. The van der Waals surface area contributed by atoms with Crippen LogP contribution in [0.4, 0.5) is 0 Å². The second-order valence-electron chi connectivity index (χ2n) is 5.55. The molecule has 150 valence electrons. The van der Waals surface area contributed by atoms with Gasteiger partial charge in [-0.3, -0.25) is 4.68 Å². The molecule has 0 bridgehead atoms. The van der Waals surface area contributed by atoms with Gasteiger partial charge in [0.1, 0.15) is 28.6 Å². The number of halogens is 1. The number of ether oxygens (including phenoxy) is 1. The van der Waals surface area contributed by atoms with E-state index in [1.54, 1.807) is 11.6 Å². The second-order valence-corrected chi connectivity index (χ2v) is 6.58. The minimum atomic E-state index is -0.330. The van der Waals surface area contributed by atoms with E-state index in [2.05, 4.69) is 30.7 Å². The summed E-state index contributed by atoms with van der Waals surface area (Å²) >= 11 is 1.34. The summed E-state index contributed by atoms with van der Waals surface area (Å²) in [5, 5.41) is 11.3. The number of hydrogen-bond acceptors (Lipinski definition) is 7. The van der Waals surface area contributed by atoms with Gasteiger partial charge in [-0.1, -0.05) is 0 Å². The van der Waals surface area contributed by atoms with Crippen molar-refractivity contribution in [3.63, 3.8) is 0 Å². The number of hydrogen-bond donors (Lipinski definition) is 2. The fourth-order valence-electron chi connectivity index (χ4n) is 2.19. The maximum atomic E-state index is 12.0. The summed E-state index contributed by atoms with van der Waals surface area (Å²) in [6.07, 6.45) is 1.50. The lowest BCUT2D eigenvalue weighted by atomic mass is 10.3. The Morgan fingerprint density at radius 2 is 2.19 bits per heavy atom. The van der Waals surface area contributed by atoms with Crippen LogP contribution in [0.15, 0.2) is 11.3 Å². The molecule has 1 atom stereocenters. The van der Waals surface area contributed by atoms with Crippen LogP contribution in [0.3, 0.4) is 0 Å². The van der Waals surface area contributed by atoms with E-state index in [0.717, 1.165) is 17.4 Å². The Morgan fingerprint density at radius 1 is 1.44 bits per heavy atom. The van der Waals surface area contributed by atoms with Crippen LogP contribution < -0.4 is 10.6 Å². The van der Waals surface area contributed by atoms with E-state index in [0.29, 0.717) is 29.7 Å². The average molecular weight is 507 g/mol. The number of esters is 1. The number of aryl methyl sites for hydroxylation is 2. The Morgan fingerprint density at radius 3 is 2.78 bits per heavy atom. The summed E-state index contributed by atoms with van der Waals surface area (Å²) in [4.78, 5) is 25.7. The van der Waals surface area contributed by atoms with E-state index >= 15 is 0 Å². The molecule has 2 heterocycles. The predicted octanol–water partition coefficient (Wildman–Crippen LogP) is 2.19. The summed E-state index contributed by atoms with van der Waals surface area (Å²) in [5.74, 6) is 1.09. The predicted molar refractivity (Wildman–Crippen MR) is 116 cm³/mol. The Bertz CT molecular complexity index is 775. The number of rotatable bonds is 7. The fraction of sp³-hybridized carbons (Fsp3) is 0.562. The van der Waals surface area contributed by atoms with E-state index in [1.807, 2.05) is 27.8 Å². The highest BCUT2D eigenvalue weighted by molar-refractivity contribution is 14.0. The number of nitrogens with one attached hydrogen (secondary N) is 2. The van der Waals surface area contributed by atoms with Crippen LogP contribution >= 0.6 is 35.3 Å². The Kier molecular flexibility index (Phi) is 9.63. The standard InChI is InChI=1S/C16H25N7O2S.HI/c1-6-17-16(18-8-12-19-9-20-23(12)5)22-11(4)14-21-10(3)13(26-14)15(24)25-7-2;/h9,11H,6-8H2,1-5H3,(H2,17,18,22);1H. The van der Waals surface area contributed by atoms with E-state index in [1.165, 1.54) is 17.7 Å². The molecule has 2 rings (SSSR count). The third-order valence-electron chi connectivity index (χ3n) is 3.53. The molecule has 2 aromatic rings. The smallest absolute Gasteiger partial charge is 0.350 e. The Balaban J connectivity index is 0.00000364. The molecule has 2 aromatic heterocycles. The van der Waals surface area contributed by atoms with Gasteiger partial charge in [-0.25, -0.2) is 19.8 Å². The van der Waals surface area contributed by atoms with Gasteiger partial charge in [0.15, 0.2) is 5.96 Å². The maximum Gasteiger partial charge on any atom is 0.350 e. The number of nitrogens with zero attached hydrogens (tertiary/aromatic N) is 5. The number of aliphatic imine (C=N–C) groups is 1. The van der Waals surface area contributed by atoms with E-state index in [-0.39, 0.29) is 36.0 Å². The first-order valence-electron chi connectivity index (χ1n) is 8.48. The van der Waals surface area contributed by atoms with E-state index < -0.39 is 0 Å². The summed E-state index contributed by atoms with van der Waals surface area (Å²) in [6, 6.07) is -0.112. The van der Waals surface area contributed by atoms with Gasteiger partial charge in [-0.05, 0) is 27.7 Å². The van der Waals surface area contributed by atoms with Crippen molar-refractivity contribution in [1.82, 2.24) is 30.4 Å². The zero-order valence-electron chi connectivity index (χ0n) is 16.1. The Hall–Kier alpha value is -1.76. The van der Waals surface area contributed by atoms with Gasteiger partial charge < -0.3 is 15.4 Å². The normalized spacial score (nSPS) is 12.3. The van der Waals surface area contributed by atoms with E-state index in [9.17, 15) is 4.79 Å². The third-order valence-corrected chi connectivity index (χ3v) is 4.85. The van der Waals surface area contributed by atoms with Crippen LogP contribution in [0.5, 0.6) is 0 Å². The quantitative estimate of drug-likeness (QED) is 0.256. The molecule has 0 aromatic carbocycles. The first kappa shape index (κ1) is 23.3. The Labute approximate surface area is 180 Å². The van der Waals surface area contributed by atoms with Crippen LogP contribution in [0.25, 0.3) is 0 Å². The first-order valence-corrected chi connectivity index (χ1v) is 9.30. The molecule has 0 aliphatic rings. The van der Waals surface area contributed by atoms with E-state index in [4.69, 9.17) is 4.74 Å². The van der Waals surface area contributed by atoms with Gasteiger partial charge in [0, 0.05) is 13.6 Å². The molecule has 0 aliphatic carbocycles. The third kappa shape index (κ3) is 6.41. The van der Waals surface area contributed by atoms with Gasteiger partial charge in [0.25, 0.3) is 0 Å². The topological polar surface area (TPSA) is 106 Å². The monoisotopic (exact) mass is 507 g/mol. The lowest BCUT2D eigenvalue weighted by Gasteiger charge is -2.15. The summed E-state index contributed by atoms with van der Waals surface area (Å²) in [6.45, 7) is 9.05. The van der Waals surface area contributed by atoms with Gasteiger partial charge in [0.2, 0.25) is 0 Å². The largest absolute Gasteiger partial charge is 0.462 e. The van der Waals surface area contributed by atoms with Gasteiger partial charge in [-0.15, -0.1) is 35.3 Å². The highest BCUT2D eigenvalue weighted by Crippen LogP contribution is 2.24. The van der Waals surface area contributed by atoms with Crippen molar-refractivity contribution in [2.24, 2.45) is 12.0 Å². The van der Waals surface area contributed by atoms with Crippen molar-refractivity contribution >= 4 is 47.2 Å². The highest BCUT2D eigenvalue weighted by Gasteiger charge is 2.20. The second kappa shape index (κ2) is 11.2. The summed E-state index contributed by atoms with van der Waals surface area (Å²) < 4.78 is 6.76. The van der Waals surface area contributed by atoms with Crippen molar-refractivity contribution < 1.29 is 9.53 Å². The molecule has 0 fully saturated rings. The molecule has 0 saturated heterocycles. The number of thiazole rings is 1. The van der Waals surface area contributed by atoms with Crippen molar-refractivity contribution in [3.8, 4) is 0 Å². The fourth-order valence-corrected chi connectivity index (χ4v) is 3.15. The molecule has 11 heteroatoms. The molecule has 27 heavy (non-hydrogen) atoms. The molecular formula is C16H26IN7O2S. The molecule has 0 aliphatic heterocycles. The number of guanidine groups is 1. The number of aromatic nitrogens is 4. The molecule has 0 saturated carbocycles. The molecule has 1 unspecified atom stereocenters. The van der Waals surface area contributed by atoms with Crippen molar-refractivity contribution in [3.05, 3.63) is 27.7 Å². The summed E-state index contributed by atoms with van der Waals surface area (Å²) in [7, 11) is 1.83. The highest BCUT2D eigenvalue weighted by atomic mass is 127. The van der Waals surface area contributed by atoms with Crippen molar-refractivity contribution in [2.45, 2.75) is 40.3 Å². The van der Waals surface area contributed by atoms with Crippen molar-refractivity contribution in [1.29, 1.82) is 0 Å². The zero-order valence-corrected chi connectivity index (χ0v) is 19.3. The molecule has 0 amide bonds. The van der Waals surface area contributed by atoms with Crippen LogP contribution in [0.1, 0.15) is 53.0 Å². The molecule has 2 N–H and O–H groups in total. The van der Waals surface area contributed by atoms with Crippen LogP contribution in [0.2, 0.25) is 0 Å². The lowest BCUT2D eigenvalue weighted by molar-refractivity contribution is 0.0531. The van der Waals surface area contributed by atoms with Gasteiger partial charge in [-0.2, -0.15) is 5.10 Å². The molecule has 0 spiro atoms. The van der Waals surface area contributed by atoms with Crippen LogP contribution in [-0.2, 0) is 18.3 Å². The first-order chi connectivity index (χ1) is 12.5. The number of carbonyl (C=O) groups is 1.